The number of para-hydroxylation sites is 2. The van der Waals surface area contributed by atoms with Crippen molar-refractivity contribution in [3.63, 3.8) is 0 Å². The molecule has 0 saturated carbocycles. The molecule has 3 unspecified atom stereocenters. The van der Waals surface area contributed by atoms with Crippen molar-refractivity contribution in [3.8, 4) is 11.1 Å². The zero-order chi connectivity index (χ0) is 36.7. The molecular formula is C51H35N3O2. The fraction of sp³-hybridized carbons (Fsp3) is 0.0588. The fourth-order valence-corrected chi connectivity index (χ4v) is 9.17. The maximum Gasteiger partial charge on any atom is 0.143 e. The summed E-state index contributed by atoms with van der Waals surface area (Å²) < 4.78 is 13.5. The van der Waals surface area contributed by atoms with Gasteiger partial charge in [0.15, 0.2) is 0 Å². The minimum atomic E-state index is -0.293. The molecule has 1 saturated heterocycles. The summed E-state index contributed by atoms with van der Waals surface area (Å²) in [4.78, 5) is 0. The van der Waals surface area contributed by atoms with Gasteiger partial charge in [-0.2, -0.15) is 0 Å². The van der Waals surface area contributed by atoms with Crippen LogP contribution in [-0.4, -0.2) is 0 Å². The Balaban J connectivity index is 1.09. The van der Waals surface area contributed by atoms with Crippen LogP contribution in [0.5, 0.6) is 0 Å². The van der Waals surface area contributed by atoms with Gasteiger partial charge in [0.2, 0.25) is 0 Å². The molecule has 266 valence electrons. The second kappa shape index (κ2) is 12.4. The van der Waals surface area contributed by atoms with Crippen molar-refractivity contribution >= 4 is 76.2 Å². The molecule has 56 heavy (non-hydrogen) atoms. The zero-order valence-electron chi connectivity index (χ0n) is 30.3. The number of benzene rings is 9. The van der Waals surface area contributed by atoms with E-state index in [1.807, 2.05) is 6.07 Å². The van der Waals surface area contributed by atoms with Crippen molar-refractivity contribution in [2.45, 2.75) is 18.5 Å². The summed E-state index contributed by atoms with van der Waals surface area (Å²) in [6, 6.07) is 62.6. The number of hydrogen-bond acceptors (Lipinski definition) is 5. The van der Waals surface area contributed by atoms with Gasteiger partial charge < -0.3 is 8.83 Å². The highest BCUT2D eigenvalue weighted by atomic mass is 16.3. The minimum Gasteiger partial charge on any atom is -0.456 e. The SMILES string of the molecule is c1ccc(C2NC(c3ccc4c(ccc5ccccc54)c3)NC(c3c(-c4cccc5c4oc4c6ccccc6ccc54)ccc4oc5ccccc5c34)N2)cc1. The quantitative estimate of drug-likeness (QED) is 0.158. The molecule has 0 amide bonds. The molecule has 1 aliphatic heterocycles. The minimum absolute atomic E-state index is 0.158. The first-order chi connectivity index (χ1) is 27.7. The van der Waals surface area contributed by atoms with Crippen LogP contribution in [-0.2, 0) is 0 Å². The Morgan fingerprint density at radius 1 is 0.339 bits per heavy atom. The van der Waals surface area contributed by atoms with Gasteiger partial charge in [-0.1, -0.05) is 152 Å². The van der Waals surface area contributed by atoms with E-state index in [9.17, 15) is 0 Å². The average Bonchev–Trinajstić information content (AvgIpc) is 3.85. The van der Waals surface area contributed by atoms with Crippen LogP contribution in [0, 0.1) is 0 Å². The number of rotatable bonds is 4. The van der Waals surface area contributed by atoms with E-state index in [1.165, 1.54) is 21.5 Å². The Labute approximate surface area is 322 Å². The van der Waals surface area contributed by atoms with Crippen LogP contribution in [0.2, 0.25) is 0 Å². The van der Waals surface area contributed by atoms with Gasteiger partial charge in [-0.15, -0.1) is 0 Å². The van der Waals surface area contributed by atoms with Gasteiger partial charge in [0, 0.05) is 38.1 Å². The third kappa shape index (κ3) is 4.85. The predicted octanol–water partition coefficient (Wildman–Crippen LogP) is 12.8. The van der Waals surface area contributed by atoms with Crippen LogP contribution < -0.4 is 16.0 Å². The van der Waals surface area contributed by atoms with E-state index < -0.39 is 0 Å². The van der Waals surface area contributed by atoms with Gasteiger partial charge in [0.1, 0.15) is 22.3 Å². The van der Waals surface area contributed by atoms with Crippen molar-refractivity contribution in [2.24, 2.45) is 0 Å². The Hall–Kier alpha value is -6.76. The Bertz CT molecular complexity index is 3330. The maximum absolute atomic E-state index is 6.95. The molecule has 3 atom stereocenters. The highest BCUT2D eigenvalue weighted by Crippen LogP contribution is 2.45. The molecule has 9 aromatic carbocycles. The summed E-state index contributed by atoms with van der Waals surface area (Å²) in [5.41, 5.74) is 9.06. The lowest BCUT2D eigenvalue weighted by atomic mass is 9.91. The molecule has 5 heteroatoms. The van der Waals surface area contributed by atoms with Gasteiger partial charge in [-0.3, -0.25) is 16.0 Å². The van der Waals surface area contributed by atoms with Gasteiger partial charge in [-0.05, 0) is 67.9 Å². The van der Waals surface area contributed by atoms with Crippen molar-refractivity contribution in [2.75, 3.05) is 0 Å². The van der Waals surface area contributed by atoms with Crippen LogP contribution in [0.15, 0.2) is 185 Å². The molecule has 1 aliphatic rings. The zero-order valence-corrected chi connectivity index (χ0v) is 30.3. The molecule has 0 spiro atoms. The molecule has 3 heterocycles. The first kappa shape index (κ1) is 31.6. The molecule has 0 aliphatic carbocycles. The molecule has 0 radical (unpaired) electrons. The standard InChI is InChI=1S/C51H35N3O2/c1-2-13-32(14-3-1)49-52-50(34-24-25-36-33(29-34)22-21-30-11-4-6-15-35(30)36)54-51(53-49)46-38(27-28-44-45(46)42-17-8-9-20-43(42)55-44)39-18-10-19-40-41-26-23-31-12-5-7-16-37(31)47(41)56-48(39)40/h1-29,49-54H. The summed E-state index contributed by atoms with van der Waals surface area (Å²) in [7, 11) is 0. The average molecular weight is 722 g/mol. The van der Waals surface area contributed by atoms with Gasteiger partial charge in [-0.25, -0.2) is 0 Å². The second-order valence-electron chi connectivity index (χ2n) is 14.9. The lowest BCUT2D eigenvalue weighted by molar-refractivity contribution is 0.204. The number of nitrogens with one attached hydrogen (secondary N) is 3. The summed E-state index contributed by atoms with van der Waals surface area (Å²) >= 11 is 0. The predicted molar refractivity (Wildman–Crippen MR) is 229 cm³/mol. The van der Waals surface area contributed by atoms with Crippen LogP contribution >= 0.6 is 0 Å². The lowest BCUT2D eigenvalue weighted by Crippen LogP contribution is -2.54. The molecule has 3 N–H and O–H groups in total. The lowest BCUT2D eigenvalue weighted by Gasteiger charge is -2.40. The summed E-state index contributed by atoms with van der Waals surface area (Å²) in [6.07, 6.45) is -0.634. The van der Waals surface area contributed by atoms with Gasteiger partial charge >= 0.3 is 0 Å². The van der Waals surface area contributed by atoms with Crippen LogP contribution in [0.25, 0.3) is 87.3 Å². The molecule has 2 aromatic heterocycles. The van der Waals surface area contributed by atoms with Crippen molar-refractivity contribution in [1.29, 1.82) is 0 Å². The van der Waals surface area contributed by atoms with Crippen LogP contribution in [0.4, 0.5) is 0 Å². The molecular weight excluding hydrogens is 687 g/mol. The van der Waals surface area contributed by atoms with Gasteiger partial charge in [0.25, 0.3) is 0 Å². The van der Waals surface area contributed by atoms with E-state index in [0.717, 1.165) is 82.5 Å². The third-order valence-corrected chi connectivity index (χ3v) is 11.8. The van der Waals surface area contributed by atoms with Crippen molar-refractivity contribution in [3.05, 3.63) is 193 Å². The number of hydrogen-bond donors (Lipinski definition) is 3. The second-order valence-corrected chi connectivity index (χ2v) is 14.9. The van der Waals surface area contributed by atoms with E-state index in [1.54, 1.807) is 0 Å². The third-order valence-electron chi connectivity index (χ3n) is 11.8. The first-order valence-electron chi connectivity index (χ1n) is 19.3. The first-order valence-corrected chi connectivity index (χ1v) is 19.3. The van der Waals surface area contributed by atoms with E-state index in [-0.39, 0.29) is 18.5 Å². The maximum atomic E-state index is 6.95. The van der Waals surface area contributed by atoms with E-state index >= 15 is 0 Å². The highest BCUT2D eigenvalue weighted by Gasteiger charge is 2.34. The van der Waals surface area contributed by atoms with Crippen LogP contribution in [0.1, 0.15) is 35.2 Å². The van der Waals surface area contributed by atoms with Gasteiger partial charge in [0.05, 0.1) is 18.5 Å². The van der Waals surface area contributed by atoms with Crippen molar-refractivity contribution < 1.29 is 8.83 Å². The van der Waals surface area contributed by atoms with E-state index in [4.69, 9.17) is 8.83 Å². The summed E-state index contributed by atoms with van der Waals surface area (Å²) in [6.45, 7) is 0. The normalized spacial score (nSPS) is 17.6. The highest BCUT2D eigenvalue weighted by molar-refractivity contribution is 6.18. The molecule has 11 aromatic rings. The Kier molecular flexibility index (Phi) is 6.98. The smallest absolute Gasteiger partial charge is 0.143 e. The Morgan fingerprint density at radius 2 is 0.964 bits per heavy atom. The topological polar surface area (TPSA) is 62.4 Å². The molecule has 0 bridgehead atoms. The van der Waals surface area contributed by atoms with E-state index in [0.29, 0.717) is 0 Å². The summed E-state index contributed by atoms with van der Waals surface area (Å²) in [5, 5.41) is 23.6. The summed E-state index contributed by atoms with van der Waals surface area (Å²) in [5.74, 6) is 0. The van der Waals surface area contributed by atoms with E-state index in [2.05, 4.69) is 186 Å². The molecule has 5 nitrogen and oxygen atoms in total. The monoisotopic (exact) mass is 721 g/mol. The van der Waals surface area contributed by atoms with Crippen LogP contribution in [0.3, 0.4) is 0 Å². The van der Waals surface area contributed by atoms with Crippen molar-refractivity contribution in [1.82, 2.24) is 16.0 Å². The Morgan fingerprint density at radius 3 is 1.84 bits per heavy atom. The molecule has 1 fully saturated rings. The number of furan rings is 2. The fourth-order valence-electron chi connectivity index (χ4n) is 9.17. The largest absolute Gasteiger partial charge is 0.456 e. The number of fused-ring (bicyclic) bond motifs is 11. The molecule has 12 rings (SSSR count).